The minimum Gasteiger partial charge on any atom is -0.390 e. The summed E-state index contributed by atoms with van der Waals surface area (Å²) >= 11 is 0. The highest BCUT2D eigenvalue weighted by molar-refractivity contribution is 5.04. The van der Waals surface area contributed by atoms with Crippen molar-refractivity contribution in [2.75, 3.05) is 13.2 Å². The van der Waals surface area contributed by atoms with E-state index in [2.05, 4.69) is 0 Å². The molecule has 3 atom stereocenters. The third-order valence-electron chi connectivity index (χ3n) is 4.11. The average Bonchev–Trinajstić information content (AvgIpc) is 2.64. The maximum Gasteiger partial charge on any atom is 0.174 e. The van der Waals surface area contributed by atoms with E-state index >= 15 is 0 Å². The standard InChI is InChI=1S/C11H18O3/c1-10(12)6-8-2-3-9(7-10)11(8)13-4-5-14-11/h8-9,12H,2-7H2,1H3/t8-,9+,10?. The highest BCUT2D eigenvalue weighted by atomic mass is 16.7. The Hall–Kier alpha value is -0.120. The van der Waals surface area contributed by atoms with Gasteiger partial charge in [0.2, 0.25) is 0 Å². The van der Waals surface area contributed by atoms with Gasteiger partial charge in [-0.15, -0.1) is 0 Å². The van der Waals surface area contributed by atoms with Gasteiger partial charge in [-0.1, -0.05) is 0 Å². The molecule has 2 saturated carbocycles. The first-order chi connectivity index (χ1) is 6.62. The fraction of sp³-hybridized carbons (Fsp3) is 1.00. The Kier molecular flexibility index (Phi) is 1.77. The molecule has 3 heteroatoms. The second-order valence-electron chi connectivity index (χ2n) is 5.29. The van der Waals surface area contributed by atoms with E-state index in [1.165, 1.54) is 0 Å². The SMILES string of the molecule is CC1(O)C[C@H]2CC[C@@H](C1)C21OCCO1. The Morgan fingerprint density at radius 3 is 2.07 bits per heavy atom. The number of hydrogen-bond acceptors (Lipinski definition) is 3. The van der Waals surface area contributed by atoms with E-state index in [0.717, 1.165) is 38.9 Å². The first kappa shape index (κ1) is 9.13. The highest BCUT2D eigenvalue weighted by Gasteiger charge is 2.60. The smallest absolute Gasteiger partial charge is 0.174 e. The second kappa shape index (κ2) is 2.71. The molecule has 1 unspecified atom stereocenters. The molecule has 1 aliphatic heterocycles. The average molecular weight is 198 g/mol. The number of ether oxygens (including phenoxy) is 2. The Morgan fingerprint density at radius 1 is 1.07 bits per heavy atom. The fourth-order valence-corrected chi connectivity index (χ4v) is 3.69. The lowest BCUT2D eigenvalue weighted by Crippen LogP contribution is -2.51. The molecule has 3 fully saturated rings. The molecule has 3 aliphatic rings. The van der Waals surface area contributed by atoms with Gasteiger partial charge >= 0.3 is 0 Å². The van der Waals surface area contributed by atoms with E-state index in [-0.39, 0.29) is 5.79 Å². The topological polar surface area (TPSA) is 38.7 Å². The van der Waals surface area contributed by atoms with Crippen LogP contribution in [-0.4, -0.2) is 29.7 Å². The Labute approximate surface area is 84.4 Å². The molecule has 0 aromatic heterocycles. The van der Waals surface area contributed by atoms with E-state index in [1.54, 1.807) is 0 Å². The lowest BCUT2D eigenvalue weighted by Gasteiger charge is -2.44. The molecular formula is C11H18O3. The fourth-order valence-electron chi connectivity index (χ4n) is 3.69. The maximum absolute atomic E-state index is 10.1. The summed E-state index contributed by atoms with van der Waals surface area (Å²) in [5, 5.41) is 10.1. The van der Waals surface area contributed by atoms with Gasteiger partial charge in [0, 0.05) is 11.8 Å². The summed E-state index contributed by atoms with van der Waals surface area (Å²) in [6.45, 7) is 3.41. The van der Waals surface area contributed by atoms with Crippen LogP contribution in [0.5, 0.6) is 0 Å². The predicted molar refractivity (Wildman–Crippen MR) is 50.7 cm³/mol. The Balaban J connectivity index is 1.90. The van der Waals surface area contributed by atoms with Crippen molar-refractivity contribution >= 4 is 0 Å². The molecule has 1 N–H and O–H groups in total. The molecule has 0 aromatic rings. The predicted octanol–water partition coefficient (Wildman–Crippen LogP) is 1.30. The third kappa shape index (κ3) is 1.09. The van der Waals surface area contributed by atoms with E-state index in [4.69, 9.17) is 9.47 Å². The molecule has 3 nitrogen and oxygen atoms in total. The lowest BCUT2D eigenvalue weighted by molar-refractivity contribution is -0.246. The van der Waals surface area contributed by atoms with Gasteiger partial charge in [-0.25, -0.2) is 0 Å². The normalized spacial score (nSPS) is 50.1. The van der Waals surface area contributed by atoms with Crippen molar-refractivity contribution < 1.29 is 14.6 Å². The van der Waals surface area contributed by atoms with E-state index in [9.17, 15) is 5.11 Å². The van der Waals surface area contributed by atoms with E-state index in [0.29, 0.717) is 11.8 Å². The second-order valence-corrected chi connectivity index (χ2v) is 5.29. The summed E-state index contributed by atoms with van der Waals surface area (Å²) in [6.07, 6.45) is 3.98. The van der Waals surface area contributed by atoms with Gasteiger partial charge in [0.15, 0.2) is 5.79 Å². The molecule has 0 amide bonds. The van der Waals surface area contributed by atoms with Crippen LogP contribution < -0.4 is 0 Å². The van der Waals surface area contributed by atoms with Gasteiger partial charge in [-0.2, -0.15) is 0 Å². The van der Waals surface area contributed by atoms with Crippen LogP contribution in [0.1, 0.15) is 32.6 Å². The van der Waals surface area contributed by atoms with Crippen LogP contribution in [-0.2, 0) is 9.47 Å². The van der Waals surface area contributed by atoms with Crippen LogP contribution in [0.2, 0.25) is 0 Å². The largest absolute Gasteiger partial charge is 0.390 e. The van der Waals surface area contributed by atoms with Gasteiger partial charge in [0.05, 0.1) is 18.8 Å². The zero-order chi connectivity index (χ0) is 9.81. The molecule has 80 valence electrons. The molecule has 1 heterocycles. The van der Waals surface area contributed by atoms with Crippen molar-refractivity contribution in [2.45, 2.75) is 44.0 Å². The van der Waals surface area contributed by atoms with Crippen molar-refractivity contribution in [1.29, 1.82) is 0 Å². The molecule has 3 rings (SSSR count). The summed E-state index contributed by atoms with van der Waals surface area (Å²) in [5.74, 6) is 0.528. The molecule has 0 aromatic carbocycles. The lowest BCUT2D eigenvalue weighted by atomic mass is 9.74. The monoisotopic (exact) mass is 198 g/mol. The Morgan fingerprint density at radius 2 is 1.57 bits per heavy atom. The summed E-state index contributed by atoms with van der Waals surface area (Å²) in [5.41, 5.74) is -0.494. The Bertz CT molecular complexity index is 225. The first-order valence-electron chi connectivity index (χ1n) is 5.63. The maximum atomic E-state index is 10.1. The van der Waals surface area contributed by atoms with E-state index in [1.807, 2.05) is 6.92 Å². The summed E-state index contributed by atoms with van der Waals surface area (Å²) in [6, 6.07) is 0. The molecule has 14 heavy (non-hydrogen) atoms. The van der Waals surface area contributed by atoms with E-state index < -0.39 is 5.60 Å². The van der Waals surface area contributed by atoms with Crippen molar-refractivity contribution in [1.82, 2.24) is 0 Å². The summed E-state index contributed by atoms with van der Waals surface area (Å²) in [7, 11) is 0. The van der Waals surface area contributed by atoms with Gasteiger partial charge in [0.25, 0.3) is 0 Å². The quantitative estimate of drug-likeness (QED) is 0.637. The van der Waals surface area contributed by atoms with Crippen molar-refractivity contribution in [2.24, 2.45) is 11.8 Å². The van der Waals surface area contributed by atoms with Crippen LogP contribution in [0.15, 0.2) is 0 Å². The minimum absolute atomic E-state index is 0.303. The zero-order valence-corrected chi connectivity index (χ0v) is 8.66. The zero-order valence-electron chi connectivity index (χ0n) is 8.66. The van der Waals surface area contributed by atoms with Crippen molar-refractivity contribution in [3.63, 3.8) is 0 Å². The highest BCUT2D eigenvalue weighted by Crippen LogP contribution is 2.56. The van der Waals surface area contributed by atoms with Gasteiger partial charge in [0.1, 0.15) is 0 Å². The molecule has 2 aliphatic carbocycles. The van der Waals surface area contributed by atoms with Crippen molar-refractivity contribution in [3.05, 3.63) is 0 Å². The molecule has 2 bridgehead atoms. The minimum atomic E-state index is -0.494. The van der Waals surface area contributed by atoms with Crippen LogP contribution in [0.3, 0.4) is 0 Å². The summed E-state index contributed by atoms with van der Waals surface area (Å²) in [4.78, 5) is 0. The van der Waals surface area contributed by atoms with Crippen LogP contribution in [0.25, 0.3) is 0 Å². The molecule has 0 radical (unpaired) electrons. The first-order valence-corrected chi connectivity index (χ1v) is 5.63. The van der Waals surface area contributed by atoms with Crippen LogP contribution in [0.4, 0.5) is 0 Å². The molecular weight excluding hydrogens is 180 g/mol. The summed E-state index contributed by atoms with van der Waals surface area (Å²) < 4.78 is 11.7. The van der Waals surface area contributed by atoms with Crippen LogP contribution >= 0.6 is 0 Å². The van der Waals surface area contributed by atoms with Gasteiger partial charge in [-0.3, -0.25) is 0 Å². The number of rotatable bonds is 0. The molecule has 1 saturated heterocycles. The van der Waals surface area contributed by atoms with Gasteiger partial charge < -0.3 is 14.6 Å². The van der Waals surface area contributed by atoms with Gasteiger partial charge in [-0.05, 0) is 32.6 Å². The number of aliphatic hydroxyl groups is 1. The van der Waals surface area contributed by atoms with Crippen LogP contribution in [0, 0.1) is 11.8 Å². The van der Waals surface area contributed by atoms with Crippen molar-refractivity contribution in [3.8, 4) is 0 Å². The molecule has 1 spiro atoms. The third-order valence-corrected chi connectivity index (χ3v) is 4.11. The number of hydrogen-bond donors (Lipinski definition) is 1.